The molecule has 1 heterocycles. The number of aliphatic carboxylic acids is 1. The zero-order valence-corrected chi connectivity index (χ0v) is 16.5. The van der Waals surface area contributed by atoms with Crippen molar-refractivity contribution in [2.45, 2.75) is 25.5 Å². The van der Waals surface area contributed by atoms with Gasteiger partial charge in [-0.05, 0) is 48.9 Å². The number of carboxylic acid groups (broad SMARTS) is 1. The van der Waals surface area contributed by atoms with E-state index in [1.165, 1.54) is 12.1 Å². The molecule has 3 aromatic rings. The molecule has 0 fully saturated rings. The van der Waals surface area contributed by atoms with Gasteiger partial charge in [0.15, 0.2) is 6.10 Å². The van der Waals surface area contributed by atoms with Crippen LogP contribution in [-0.4, -0.2) is 34.1 Å². The lowest BCUT2D eigenvalue weighted by atomic mass is 10.0. The molecule has 0 unspecified atom stereocenters. The number of aromatic amines is 1. The highest BCUT2D eigenvalue weighted by Crippen LogP contribution is 2.21. The number of benzene rings is 2. The number of carbonyl (C=O) groups is 2. The summed E-state index contributed by atoms with van der Waals surface area (Å²) in [5.74, 6) is -1.61. The molecule has 1 aromatic heterocycles. The average molecular weight is 449 g/mol. The molecule has 8 heteroatoms. The summed E-state index contributed by atoms with van der Waals surface area (Å²) in [5.41, 5.74) is 1.24. The fourth-order valence-corrected chi connectivity index (χ4v) is 3.21. The molecule has 0 bridgehead atoms. The van der Waals surface area contributed by atoms with Gasteiger partial charge in [0.05, 0.1) is 0 Å². The molecule has 1 amide bonds. The lowest BCUT2D eigenvalue weighted by Crippen LogP contribution is -2.47. The number of halogens is 2. The molecule has 0 radical (unpaired) electrons. The second-order valence-electron chi connectivity index (χ2n) is 6.32. The number of rotatable bonds is 7. The van der Waals surface area contributed by atoms with Crippen molar-refractivity contribution in [2.75, 3.05) is 0 Å². The average Bonchev–Trinajstić information content (AvgIpc) is 3.02. The van der Waals surface area contributed by atoms with Gasteiger partial charge in [-0.2, -0.15) is 0 Å². The molecule has 2 aromatic carbocycles. The van der Waals surface area contributed by atoms with Crippen molar-refractivity contribution in [1.29, 1.82) is 0 Å². The second-order valence-corrected chi connectivity index (χ2v) is 7.24. The fourth-order valence-electron chi connectivity index (χ4n) is 2.83. The van der Waals surface area contributed by atoms with Crippen molar-refractivity contribution in [3.05, 3.63) is 64.5 Å². The monoisotopic (exact) mass is 448 g/mol. The number of ether oxygens (including phenoxy) is 1. The van der Waals surface area contributed by atoms with E-state index in [9.17, 15) is 19.1 Å². The van der Waals surface area contributed by atoms with Gasteiger partial charge >= 0.3 is 5.97 Å². The van der Waals surface area contributed by atoms with Crippen LogP contribution >= 0.6 is 15.9 Å². The SMILES string of the molecule is C[C@@H](Oc1cccc(Br)c1)C(=O)N[C@@H](Cc1c[nH]c2cc(F)ccc12)C(=O)O. The number of hydrogen-bond acceptors (Lipinski definition) is 3. The van der Waals surface area contributed by atoms with Crippen LogP contribution < -0.4 is 10.1 Å². The van der Waals surface area contributed by atoms with E-state index in [4.69, 9.17) is 4.74 Å². The highest BCUT2D eigenvalue weighted by molar-refractivity contribution is 9.10. The molecule has 146 valence electrons. The molecule has 0 saturated heterocycles. The Balaban J connectivity index is 1.69. The van der Waals surface area contributed by atoms with E-state index >= 15 is 0 Å². The van der Waals surface area contributed by atoms with E-state index in [-0.39, 0.29) is 12.2 Å². The molecule has 3 rings (SSSR count). The van der Waals surface area contributed by atoms with E-state index < -0.39 is 24.0 Å². The zero-order chi connectivity index (χ0) is 20.3. The zero-order valence-electron chi connectivity index (χ0n) is 14.9. The Bertz CT molecular complexity index is 1020. The number of carbonyl (C=O) groups excluding carboxylic acids is 1. The standard InChI is InChI=1S/C20H18BrFN2O4/c1-11(28-15-4-2-3-13(21)8-15)19(25)24-18(20(26)27)7-12-10-23-17-9-14(22)5-6-16(12)17/h2-6,8-11,18,23H,7H2,1H3,(H,24,25)(H,26,27)/t11-,18+/m1/s1. The van der Waals surface area contributed by atoms with Crippen LogP contribution in [0.15, 0.2) is 53.1 Å². The maximum Gasteiger partial charge on any atom is 0.326 e. The summed E-state index contributed by atoms with van der Waals surface area (Å²) < 4.78 is 19.7. The third-order valence-electron chi connectivity index (χ3n) is 4.25. The summed E-state index contributed by atoms with van der Waals surface area (Å²) in [5, 5.41) is 12.7. The first-order valence-electron chi connectivity index (χ1n) is 8.54. The van der Waals surface area contributed by atoms with Crippen molar-refractivity contribution in [3.63, 3.8) is 0 Å². The Hall–Kier alpha value is -2.87. The highest BCUT2D eigenvalue weighted by atomic mass is 79.9. The van der Waals surface area contributed by atoms with Crippen molar-refractivity contribution >= 4 is 38.7 Å². The van der Waals surface area contributed by atoms with E-state index in [2.05, 4.69) is 26.2 Å². The number of carboxylic acids is 1. The van der Waals surface area contributed by atoms with E-state index in [0.29, 0.717) is 22.2 Å². The molecule has 0 aliphatic rings. The molecule has 0 saturated carbocycles. The summed E-state index contributed by atoms with van der Waals surface area (Å²) in [6, 6.07) is 10.1. The number of H-pyrrole nitrogens is 1. The van der Waals surface area contributed by atoms with Gasteiger partial charge in [0.25, 0.3) is 5.91 Å². The van der Waals surface area contributed by atoms with Gasteiger partial charge < -0.3 is 20.1 Å². The van der Waals surface area contributed by atoms with Crippen molar-refractivity contribution in [1.82, 2.24) is 10.3 Å². The van der Waals surface area contributed by atoms with Gasteiger partial charge in [0, 0.05) is 28.0 Å². The van der Waals surface area contributed by atoms with Gasteiger partial charge in [-0.3, -0.25) is 4.79 Å². The molecule has 28 heavy (non-hydrogen) atoms. The van der Waals surface area contributed by atoms with Crippen molar-refractivity contribution in [3.8, 4) is 5.75 Å². The van der Waals surface area contributed by atoms with E-state index in [1.807, 2.05) is 6.07 Å². The van der Waals surface area contributed by atoms with Gasteiger partial charge in [-0.1, -0.05) is 22.0 Å². The normalized spacial score (nSPS) is 13.1. The van der Waals surface area contributed by atoms with Gasteiger partial charge in [-0.15, -0.1) is 0 Å². The van der Waals surface area contributed by atoms with E-state index in [0.717, 1.165) is 4.47 Å². The molecule has 3 N–H and O–H groups in total. The molecule has 2 atom stereocenters. The Labute approximate surface area is 168 Å². The van der Waals surface area contributed by atoms with E-state index in [1.54, 1.807) is 37.4 Å². The first-order chi connectivity index (χ1) is 13.3. The maximum atomic E-state index is 13.3. The summed E-state index contributed by atoms with van der Waals surface area (Å²) in [4.78, 5) is 27.0. The Kier molecular flexibility index (Phi) is 5.99. The largest absolute Gasteiger partial charge is 0.481 e. The Morgan fingerprint density at radius 2 is 2.07 bits per heavy atom. The minimum atomic E-state index is -1.17. The predicted molar refractivity (Wildman–Crippen MR) is 106 cm³/mol. The molecular weight excluding hydrogens is 431 g/mol. The van der Waals surface area contributed by atoms with Crippen LogP contribution in [0.1, 0.15) is 12.5 Å². The van der Waals surface area contributed by atoms with Crippen LogP contribution in [0.25, 0.3) is 10.9 Å². The Morgan fingerprint density at radius 3 is 2.79 bits per heavy atom. The van der Waals surface area contributed by atoms with Gasteiger partial charge in [-0.25, -0.2) is 9.18 Å². The van der Waals surface area contributed by atoms with Crippen LogP contribution in [0.2, 0.25) is 0 Å². The van der Waals surface area contributed by atoms with Crippen LogP contribution in [0.5, 0.6) is 5.75 Å². The molecule has 0 aliphatic heterocycles. The summed E-state index contributed by atoms with van der Waals surface area (Å²) in [6.07, 6.45) is 0.789. The number of aromatic nitrogens is 1. The maximum absolute atomic E-state index is 13.3. The lowest BCUT2D eigenvalue weighted by molar-refractivity contribution is -0.142. The minimum Gasteiger partial charge on any atom is -0.481 e. The molecular formula is C20H18BrFN2O4. The van der Waals surface area contributed by atoms with Crippen molar-refractivity contribution < 1.29 is 23.8 Å². The topological polar surface area (TPSA) is 91.4 Å². The molecule has 0 aliphatic carbocycles. The third kappa shape index (κ3) is 4.69. The van der Waals surface area contributed by atoms with Gasteiger partial charge in [0.2, 0.25) is 0 Å². The lowest BCUT2D eigenvalue weighted by Gasteiger charge is -2.19. The number of amides is 1. The predicted octanol–water partition coefficient (Wildman–Crippen LogP) is 3.65. The van der Waals surface area contributed by atoms with Crippen LogP contribution in [0.4, 0.5) is 4.39 Å². The second kappa shape index (κ2) is 8.43. The summed E-state index contributed by atoms with van der Waals surface area (Å²) in [6.45, 7) is 1.55. The smallest absolute Gasteiger partial charge is 0.326 e. The summed E-state index contributed by atoms with van der Waals surface area (Å²) >= 11 is 3.32. The minimum absolute atomic E-state index is 0.0519. The Morgan fingerprint density at radius 1 is 1.29 bits per heavy atom. The van der Waals surface area contributed by atoms with Crippen LogP contribution in [0, 0.1) is 5.82 Å². The highest BCUT2D eigenvalue weighted by Gasteiger charge is 2.25. The first kappa shape index (κ1) is 19.9. The summed E-state index contributed by atoms with van der Waals surface area (Å²) in [7, 11) is 0. The number of hydrogen-bond donors (Lipinski definition) is 3. The number of fused-ring (bicyclic) bond motifs is 1. The molecule has 6 nitrogen and oxygen atoms in total. The fraction of sp³-hybridized carbons (Fsp3) is 0.200. The number of nitrogens with one attached hydrogen (secondary N) is 2. The molecule has 0 spiro atoms. The van der Waals surface area contributed by atoms with Crippen LogP contribution in [-0.2, 0) is 16.0 Å². The third-order valence-corrected chi connectivity index (χ3v) is 4.74. The van der Waals surface area contributed by atoms with Gasteiger partial charge in [0.1, 0.15) is 17.6 Å². The first-order valence-corrected chi connectivity index (χ1v) is 9.33. The van der Waals surface area contributed by atoms with Crippen molar-refractivity contribution in [2.24, 2.45) is 0 Å². The van der Waals surface area contributed by atoms with Crippen LogP contribution in [0.3, 0.4) is 0 Å². The quantitative estimate of drug-likeness (QED) is 0.514.